The van der Waals surface area contributed by atoms with Crippen LogP contribution in [0.5, 0.6) is 5.75 Å². The lowest BCUT2D eigenvalue weighted by atomic mass is 10.1. The molecule has 6 heteroatoms. The van der Waals surface area contributed by atoms with Crippen LogP contribution in [-0.2, 0) is 16.0 Å². The van der Waals surface area contributed by atoms with Crippen LogP contribution in [0.3, 0.4) is 0 Å². The Morgan fingerprint density at radius 2 is 2.14 bits per heavy atom. The molecule has 0 aliphatic heterocycles. The van der Waals surface area contributed by atoms with Gasteiger partial charge >= 0.3 is 5.97 Å². The lowest BCUT2D eigenvalue weighted by molar-refractivity contribution is -0.142. The van der Waals surface area contributed by atoms with Crippen LogP contribution in [0.4, 0.5) is 4.39 Å². The molecule has 2 N–H and O–H groups in total. The van der Waals surface area contributed by atoms with Crippen LogP contribution < -0.4 is 10.1 Å². The van der Waals surface area contributed by atoms with E-state index in [2.05, 4.69) is 5.32 Å². The number of benzene rings is 1. The van der Waals surface area contributed by atoms with Crippen molar-refractivity contribution < 1.29 is 23.8 Å². The van der Waals surface area contributed by atoms with E-state index in [9.17, 15) is 14.0 Å². The van der Waals surface area contributed by atoms with Crippen molar-refractivity contribution in [2.45, 2.75) is 38.6 Å². The van der Waals surface area contributed by atoms with E-state index in [0.717, 1.165) is 6.42 Å². The normalized spacial score (nSPS) is 11.8. The van der Waals surface area contributed by atoms with Crippen LogP contribution in [0.2, 0.25) is 0 Å². The van der Waals surface area contributed by atoms with E-state index in [4.69, 9.17) is 9.84 Å². The number of hydrogen-bond acceptors (Lipinski definition) is 3. The molecule has 0 aliphatic carbocycles. The van der Waals surface area contributed by atoms with Gasteiger partial charge in [0.1, 0.15) is 6.04 Å². The Morgan fingerprint density at radius 1 is 1.43 bits per heavy atom. The number of ether oxygens (including phenoxy) is 1. The van der Waals surface area contributed by atoms with Gasteiger partial charge in [-0.3, -0.25) is 4.79 Å². The molecule has 1 rings (SSSR count). The molecule has 0 heterocycles. The number of unbranched alkanes of at least 4 members (excludes halogenated alkanes) is 1. The summed E-state index contributed by atoms with van der Waals surface area (Å²) in [6.07, 6.45) is 1.88. The quantitative estimate of drug-likeness (QED) is 0.771. The second kappa shape index (κ2) is 8.24. The lowest BCUT2D eigenvalue weighted by Gasteiger charge is -2.14. The maximum Gasteiger partial charge on any atom is 0.326 e. The molecule has 1 amide bonds. The maximum atomic E-state index is 13.5. The largest absolute Gasteiger partial charge is 0.494 e. The van der Waals surface area contributed by atoms with Gasteiger partial charge in [0.15, 0.2) is 11.6 Å². The number of halogens is 1. The first-order chi connectivity index (χ1) is 9.97. The van der Waals surface area contributed by atoms with E-state index in [0.29, 0.717) is 18.4 Å². The molecular weight excluding hydrogens is 277 g/mol. The molecule has 0 aliphatic rings. The molecule has 21 heavy (non-hydrogen) atoms. The van der Waals surface area contributed by atoms with E-state index >= 15 is 0 Å². The fraction of sp³-hybridized carbons (Fsp3) is 0.467. The molecule has 0 saturated heterocycles. The number of carboxylic acids is 1. The second-order valence-electron chi connectivity index (χ2n) is 4.75. The molecule has 1 atom stereocenters. The number of rotatable bonds is 8. The van der Waals surface area contributed by atoms with E-state index in [1.54, 1.807) is 6.07 Å². The Balaban J connectivity index is 2.63. The van der Waals surface area contributed by atoms with Gasteiger partial charge in [-0.25, -0.2) is 9.18 Å². The number of hydrogen-bond donors (Lipinski definition) is 2. The minimum Gasteiger partial charge on any atom is -0.494 e. The van der Waals surface area contributed by atoms with E-state index in [-0.39, 0.29) is 12.2 Å². The zero-order valence-electron chi connectivity index (χ0n) is 12.2. The van der Waals surface area contributed by atoms with Crippen LogP contribution in [0.1, 0.15) is 31.7 Å². The van der Waals surface area contributed by atoms with Crippen LogP contribution in [-0.4, -0.2) is 30.1 Å². The molecule has 0 unspecified atom stereocenters. The molecule has 0 fully saturated rings. The van der Waals surface area contributed by atoms with Crippen LogP contribution in [0.25, 0.3) is 0 Å². The molecule has 0 saturated carbocycles. The van der Waals surface area contributed by atoms with Gasteiger partial charge in [0.25, 0.3) is 0 Å². The Hall–Kier alpha value is -2.11. The summed E-state index contributed by atoms with van der Waals surface area (Å²) in [4.78, 5) is 22.9. The zero-order chi connectivity index (χ0) is 15.8. The summed E-state index contributed by atoms with van der Waals surface area (Å²) >= 11 is 0. The van der Waals surface area contributed by atoms with Gasteiger partial charge in [0.05, 0.1) is 13.5 Å². The second-order valence-corrected chi connectivity index (χ2v) is 4.75. The zero-order valence-corrected chi connectivity index (χ0v) is 12.2. The van der Waals surface area contributed by atoms with Gasteiger partial charge in [0.2, 0.25) is 5.91 Å². The van der Waals surface area contributed by atoms with Crippen molar-refractivity contribution in [3.63, 3.8) is 0 Å². The average Bonchev–Trinajstić information content (AvgIpc) is 2.43. The van der Waals surface area contributed by atoms with Crippen molar-refractivity contribution in [1.82, 2.24) is 5.32 Å². The topological polar surface area (TPSA) is 75.6 Å². The molecule has 1 aromatic carbocycles. The molecule has 5 nitrogen and oxygen atoms in total. The number of carboxylic acid groups (broad SMARTS) is 1. The first-order valence-electron chi connectivity index (χ1n) is 6.82. The maximum absolute atomic E-state index is 13.5. The van der Waals surface area contributed by atoms with Gasteiger partial charge in [-0.05, 0) is 24.1 Å². The summed E-state index contributed by atoms with van der Waals surface area (Å²) in [7, 11) is 1.36. The van der Waals surface area contributed by atoms with Crippen molar-refractivity contribution >= 4 is 11.9 Å². The number of carbonyl (C=O) groups excluding carboxylic acids is 1. The Kier molecular flexibility index (Phi) is 6.65. The van der Waals surface area contributed by atoms with Gasteiger partial charge in [-0.2, -0.15) is 0 Å². The molecule has 0 aromatic heterocycles. The highest BCUT2D eigenvalue weighted by Gasteiger charge is 2.19. The van der Waals surface area contributed by atoms with Gasteiger partial charge in [-0.1, -0.05) is 25.8 Å². The molecular formula is C15H20FNO4. The predicted molar refractivity (Wildman–Crippen MR) is 75.7 cm³/mol. The third-order valence-corrected chi connectivity index (χ3v) is 3.06. The highest BCUT2D eigenvalue weighted by molar-refractivity contribution is 5.84. The van der Waals surface area contributed by atoms with Crippen LogP contribution in [0.15, 0.2) is 18.2 Å². The summed E-state index contributed by atoms with van der Waals surface area (Å²) in [6.45, 7) is 1.95. The van der Waals surface area contributed by atoms with Crippen LogP contribution >= 0.6 is 0 Å². The SMILES string of the molecule is CCCC[C@H](NC(=O)Cc1ccc(OC)c(F)c1)C(=O)O. The van der Waals surface area contributed by atoms with Gasteiger partial charge in [0, 0.05) is 0 Å². The molecule has 0 radical (unpaired) electrons. The third kappa shape index (κ3) is 5.41. The van der Waals surface area contributed by atoms with Gasteiger partial charge in [-0.15, -0.1) is 0 Å². The predicted octanol–water partition coefficient (Wildman–Crippen LogP) is 2.14. The summed E-state index contributed by atoms with van der Waals surface area (Å²) in [5, 5.41) is 11.5. The standard InChI is InChI=1S/C15H20FNO4/c1-3-4-5-12(15(19)20)17-14(18)9-10-6-7-13(21-2)11(16)8-10/h6-8,12H,3-5,9H2,1-2H3,(H,17,18)(H,19,20)/t12-/m0/s1. The highest BCUT2D eigenvalue weighted by atomic mass is 19.1. The monoisotopic (exact) mass is 297 g/mol. The van der Waals surface area contributed by atoms with Crippen LogP contribution in [0, 0.1) is 5.82 Å². The fourth-order valence-electron chi connectivity index (χ4n) is 1.92. The summed E-state index contributed by atoms with van der Waals surface area (Å²) in [5.41, 5.74) is 0.463. The molecule has 116 valence electrons. The number of carbonyl (C=O) groups is 2. The van der Waals surface area contributed by atoms with E-state index in [1.807, 2.05) is 6.92 Å². The fourth-order valence-corrected chi connectivity index (χ4v) is 1.92. The van der Waals surface area contributed by atoms with Crippen molar-refractivity contribution in [3.8, 4) is 5.75 Å². The average molecular weight is 297 g/mol. The van der Waals surface area contributed by atoms with Gasteiger partial charge < -0.3 is 15.2 Å². The minimum atomic E-state index is -1.06. The van der Waals surface area contributed by atoms with Crippen molar-refractivity contribution in [1.29, 1.82) is 0 Å². The number of amides is 1. The molecule has 1 aromatic rings. The number of methoxy groups -OCH3 is 1. The molecule has 0 bridgehead atoms. The highest BCUT2D eigenvalue weighted by Crippen LogP contribution is 2.18. The first kappa shape index (κ1) is 16.9. The Labute approximate surface area is 123 Å². The molecule has 0 spiro atoms. The van der Waals surface area contributed by atoms with Crippen molar-refractivity contribution in [2.75, 3.05) is 7.11 Å². The first-order valence-corrected chi connectivity index (χ1v) is 6.82. The summed E-state index contributed by atoms with van der Waals surface area (Å²) < 4.78 is 18.3. The van der Waals surface area contributed by atoms with E-state index < -0.39 is 23.7 Å². The Morgan fingerprint density at radius 3 is 2.67 bits per heavy atom. The smallest absolute Gasteiger partial charge is 0.326 e. The summed E-state index contributed by atoms with van der Waals surface area (Å²) in [6, 6.07) is 3.31. The van der Waals surface area contributed by atoms with Crippen molar-refractivity contribution in [2.24, 2.45) is 0 Å². The lowest BCUT2D eigenvalue weighted by Crippen LogP contribution is -2.41. The number of nitrogens with one attached hydrogen (secondary N) is 1. The third-order valence-electron chi connectivity index (χ3n) is 3.06. The number of aliphatic carboxylic acids is 1. The minimum absolute atomic E-state index is 0.0726. The van der Waals surface area contributed by atoms with E-state index in [1.165, 1.54) is 19.2 Å². The Bertz CT molecular complexity index is 504. The summed E-state index contributed by atoms with van der Waals surface area (Å²) in [5.74, 6) is -1.95. The van der Waals surface area contributed by atoms with Crippen molar-refractivity contribution in [3.05, 3.63) is 29.6 Å².